The van der Waals surface area contributed by atoms with Crippen molar-refractivity contribution in [2.75, 3.05) is 0 Å². The van der Waals surface area contributed by atoms with Gasteiger partial charge in [-0.1, -0.05) is 0 Å². The Bertz CT molecular complexity index is 517. The summed E-state index contributed by atoms with van der Waals surface area (Å²) in [4.78, 5) is 7.03. The van der Waals surface area contributed by atoms with Crippen molar-refractivity contribution in [3.8, 4) is 11.6 Å². The highest BCUT2D eigenvalue weighted by Gasteiger charge is 2.04. The molecule has 16 heavy (non-hydrogen) atoms. The van der Waals surface area contributed by atoms with Crippen LogP contribution in [0.2, 0.25) is 0 Å². The molecule has 1 aromatic carbocycles. The fourth-order valence-corrected chi connectivity index (χ4v) is 1.21. The number of aromatic nitrogens is 2. The molecule has 0 aliphatic rings. The van der Waals surface area contributed by atoms with E-state index >= 15 is 0 Å². The van der Waals surface area contributed by atoms with Crippen LogP contribution in [0.1, 0.15) is 5.56 Å². The van der Waals surface area contributed by atoms with Gasteiger partial charge in [0.2, 0.25) is 11.8 Å². The van der Waals surface area contributed by atoms with Gasteiger partial charge in [-0.15, -0.1) is 0 Å². The van der Waals surface area contributed by atoms with Gasteiger partial charge in [0.15, 0.2) is 0 Å². The molecule has 0 bridgehead atoms. The van der Waals surface area contributed by atoms with E-state index in [-0.39, 0.29) is 11.7 Å². The summed E-state index contributed by atoms with van der Waals surface area (Å²) in [5.74, 6) is -0.509. The molecule has 0 amide bonds. The van der Waals surface area contributed by atoms with Crippen LogP contribution in [0.5, 0.6) is 11.6 Å². The van der Waals surface area contributed by atoms with Gasteiger partial charge in [0.05, 0.1) is 6.07 Å². The Labute approximate surface area is 90.7 Å². The van der Waals surface area contributed by atoms with Gasteiger partial charge < -0.3 is 4.74 Å². The van der Waals surface area contributed by atoms with E-state index in [0.29, 0.717) is 11.3 Å². The first-order chi connectivity index (χ1) is 7.65. The highest BCUT2D eigenvalue weighted by atomic mass is 19.1. The molecule has 0 saturated carbocycles. The molecule has 0 N–H and O–H groups in total. The highest BCUT2D eigenvalue weighted by Crippen LogP contribution is 2.23. The van der Waals surface area contributed by atoms with Crippen molar-refractivity contribution in [3.63, 3.8) is 0 Å². The molecule has 0 aliphatic carbocycles. The van der Waals surface area contributed by atoms with E-state index in [1.165, 1.54) is 18.2 Å². The topological polar surface area (TPSA) is 35.0 Å². The fraction of sp³-hybridized carbons (Fsp3) is 0.0909. The number of ether oxygens (including phenoxy) is 1. The molecule has 0 unspecified atom stereocenters. The van der Waals surface area contributed by atoms with E-state index in [1.54, 1.807) is 6.92 Å². The first kappa shape index (κ1) is 10.5. The molecule has 2 rings (SSSR count). The zero-order valence-corrected chi connectivity index (χ0v) is 8.45. The van der Waals surface area contributed by atoms with Crippen molar-refractivity contribution in [2.24, 2.45) is 0 Å². The van der Waals surface area contributed by atoms with Gasteiger partial charge in [-0.05, 0) is 30.7 Å². The summed E-state index contributed by atoms with van der Waals surface area (Å²) in [6, 6.07) is 5.11. The quantitative estimate of drug-likeness (QED) is 0.733. The largest absolute Gasteiger partial charge is 0.439 e. The first-order valence-corrected chi connectivity index (χ1v) is 4.57. The van der Waals surface area contributed by atoms with Gasteiger partial charge in [-0.3, -0.25) is 0 Å². The Kier molecular flexibility index (Phi) is 2.76. The van der Waals surface area contributed by atoms with Crippen molar-refractivity contribution in [3.05, 3.63) is 47.9 Å². The third kappa shape index (κ3) is 2.31. The van der Waals surface area contributed by atoms with Crippen molar-refractivity contribution in [2.45, 2.75) is 6.92 Å². The van der Waals surface area contributed by atoms with E-state index in [9.17, 15) is 8.78 Å². The van der Waals surface area contributed by atoms with Crippen molar-refractivity contribution >= 4 is 0 Å². The molecular formula is C11H8F2N2O. The van der Waals surface area contributed by atoms with Crippen LogP contribution < -0.4 is 4.74 Å². The molecular weight excluding hydrogens is 214 g/mol. The molecule has 0 saturated heterocycles. The van der Waals surface area contributed by atoms with Crippen LogP contribution in [0, 0.1) is 18.7 Å². The lowest BCUT2D eigenvalue weighted by molar-refractivity contribution is 0.446. The monoisotopic (exact) mass is 222 g/mol. The maximum Gasteiger partial charge on any atom is 0.225 e. The third-order valence-electron chi connectivity index (χ3n) is 1.96. The Hall–Kier alpha value is -2.04. The number of aryl methyl sites for hydroxylation is 1. The molecule has 1 aromatic heterocycles. The van der Waals surface area contributed by atoms with Crippen LogP contribution in [0.3, 0.4) is 0 Å². The summed E-state index contributed by atoms with van der Waals surface area (Å²) in [5, 5.41) is 0. The minimum absolute atomic E-state index is 0.0854. The van der Waals surface area contributed by atoms with Gasteiger partial charge >= 0.3 is 0 Å². The Morgan fingerprint density at radius 2 is 1.94 bits per heavy atom. The van der Waals surface area contributed by atoms with E-state index in [4.69, 9.17) is 4.74 Å². The Morgan fingerprint density at radius 3 is 2.62 bits per heavy atom. The number of hydrogen-bond donors (Lipinski definition) is 0. The van der Waals surface area contributed by atoms with Gasteiger partial charge in [-0.25, -0.2) is 14.4 Å². The third-order valence-corrected chi connectivity index (χ3v) is 1.96. The summed E-state index contributed by atoms with van der Waals surface area (Å²) in [5.41, 5.74) is 0.610. The standard InChI is InChI=1S/C11H8F2N2O/c1-7-4-8(12)2-3-9(7)16-11-5-10(13)14-6-15-11/h2-6H,1H3. The second-order valence-electron chi connectivity index (χ2n) is 3.19. The molecule has 0 atom stereocenters. The normalized spacial score (nSPS) is 10.2. The minimum Gasteiger partial charge on any atom is -0.439 e. The zero-order valence-electron chi connectivity index (χ0n) is 8.45. The van der Waals surface area contributed by atoms with Gasteiger partial charge in [0.1, 0.15) is 17.9 Å². The fourth-order valence-electron chi connectivity index (χ4n) is 1.21. The number of hydrogen-bond acceptors (Lipinski definition) is 3. The molecule has 0 spiro atoms. The Morgan fingerprint density at radius 1 is 1.12 bits per heavy atom. The van der Waals surface area contributed by atoms with Crippen molar-refractivity contribution in [1.29, 1.82) is 0 Å². The molecule has 3 nitrogen and oxygen atoms in total. The summed E-state index contributed by atoms with van der Waals surface area (Å²) < 4.78 is 30.8. The number of nitrogens with zero attached hydrogens (tertiary/aromatic N) is 2. The Balaban J connectivity index is 2.27. The lowest BCUT2D eigenvalue weighted by Gasteiger charge is -2.06. The maximum absolute atomic E-state index is 12.8. The molecule has 0 radical (unpaired) electrons. The summed E-state index contributed by atoms with van der Waals surface area (Å²) >= 11 is 0. The van der Waals surface area contributed by atoms with Crippen LogP contribution in [0.4, 0.5) is 8.78 Å². The van der Waals surface area contributed by atoms with Crippen LogP contribution in [0.15, 0.2) is 30.6 Å². The van der Waals surface area contributed by atoms with E-state index < -0.39 is 5.95 Å². The molecule has 5 heteroatoms. The molecule has 1 heterocycles. The van der Waals surface area contributed by atoms with Crippen LogP contribution in [0.25, 0.3) is 0 Å². The van der Waals surface area contributed by atoms with E-state index in [0.717, 1.165) is 12.4 Å². The average molecular weight is 222 g/mol. The SMILES string of the molecule is Cc1cc(F)ccc1Oc1cc(F)ncn1. The van der Waals surface area contributed by atoms with Crippen molar-refractivity contribution < 1.29 is 13.5 Å². The average Bonchev–Trinajstić information content (AvgIpc) is 2.22. The minimum atomic E-state index is -0.676. The lowest BCUT2D eigenvalue weighted by Crippen LogP contribution is -1.93. The number of halogens is 2. The van der Waals surface area contributed by atoms with E-state index in [2.05, 4.69) is 9.97 Å². The predicted molar refractivity (Wildman–Crippen MR) is 53.2 cm³/mol. The number of benzene rings is 1. The smallest absolute Gasteiger partial charge is 0.225 e. The van der Waals surface area contributed by atoms with E-state index in [1.807, 2.05) is 0 Å². The molecule has 82 valence electrons. The van der Waals surface area contributed by atoms with Gasteiger partial charge in [-0.2, -0.15) is 4.39 Å². The second kappa shape index (κ2) is 4.22. The summed E-state index contributed by atoms with van der Waals surface area (Å²) in [6.45, 7) is 1.69. The molecule has 0 aliphatic heterocycles. The maximum atomic E-state index is 12.8. The highest BCUT2D eigenvalue weighted by molar-refractivity contribution is 5.35. The van der Waals surface area contributed by atoms with Crippen LogP contribution in [-0.4, -0.2) is 9.97 Å². The zero-order chi connectivity index (χ0) is 11.5. The lowest BCUT2D eigenvalue weighted by atomic mass is 10.2. The molecule has 2 aromatic rings. The summed E-state index contributed by atoms with van der Waals surface area (Å²) in [6.07, 6.45) is 1.06. The van der Waals surface area contributed by atoms with Crippen LogP contribution >= 0.6 is 0 Å². The van der Waals surface area contributed by atoms with Gasteiger partial charge in [0, 0.05) is 0 Å². The van der Waals surface area contributed by atoms with Crippen molar-refractivity contribution in [1.82, 2.24) is 9.97 Å². The van der Waals surface area contributed by atoms with Gasteiger partial charge in [0.25, 0.3) is 0 Å². The van der Waals surface area contributed by atoms with Crippen LogP contribution in [-0.2, 0) is 0 Å². The predicted octanol–water partition coefficient (Wildman–Crippen LogP) is 2.86. The summed E-state index contributed by atoms with van der Waals surface area (Å²) in [7, 11) is 0. The first-order valence-electron chi connectivity index (χ1n) is 4.57. The molecule has 0 fully saturated rings. The second-order valence-corrected chi connectivity index (χ2v) is 3.19. The number of rotatable bonds is 2.